The second-order valence-corrected chi connectivity index (χ2v) is 4.70. The summed E-state index contributed by atoms with van der Waals surface area (Å²) in [4.78, 5) is 16.2. The van der Waals surface area contributed by atoms with Crippen molar-refractivity contribution in [3.8, 4) is 0 Å². The van der Waals surface area contributed by atoms with Crippen LogP contribution in [0.2, 0.25) is 0 Å². The van der Waals surface area contributed by atoms with Crippen molar-refractivity contribution in [2.45, 2.75) is 25.7 Å². The smallest absolute Gasteiger partial charge is 0.337 e. The maximum Gasteiger partial charge on any atom is 0.337 e. The van der Waals surface area contributed by atoms with Crippen molar-refractivity contribution >= 4 is 16.9 Å². The highest BCUT2D eigenvalue weighted by atomic mass is 16.5. The summed E-state index contributed by atoms with van der Waals surface area (Å²) in [5.41, 5.74) is 4.00. The molecule has 0 amide bonds. The van der Waals surface area contributed by atoms with E-state index in [-0.39, 0.29) is 5.97 Å². The average Bonchev–Trinajstić information content (AvgIpc) is 2.43. The fourth-order valence-electron chi connectivity index (χ4n) is 2.54. The predicted molar refractivity (Wildman–Crippen MR) is 69.7 cm³/mol. The Bertz CT molecular complexity index is 619. The van der Waals surface area contributed by atoms with Gasteiger partial charge in [-0.15, -0.1) is 0 Å². The van der Waals surface area contributed by atoms with Crippen molar-refractivity contribution in [2.75, 3.05) is 7.11 Å². The Morgan fingerprint density at radius 2 is 2.06 bits per heavy atom. The molecule has 92 valence electrons. The Morgan fingerprint density at radius 3 is 2.89 bits per heavy atom. The minimum absolute atomic E-state index is 0.309. The highest BCUT2D eigenvalue weighted by molar-refractivity contribution is 5.94. The number of ether oxygens (including phenoxy) is 1. The van der Waals surface area contributed by atoms with E-state index in [4.69, 9.17) is 4.74 Å². The first-order chi connectivity index (χ1) is 8.78. The molecule has 0 bridgehead atoms. The lowest BCUT2D eigenvalue weighted by molar-refractivity contribution is 0.0601. The summed E-state index contributed by atoms with van der Waals surface area (Å²) in [6, 6.07) is 7.77. The third kappa shape index (κ3) is 1.86. The fraction of sp³-hybridized carbons (Fsp3) is 0.333. The van der Waals surface area contributed by atoms with Gasteiger partial charge in [0.2, 0.25) is 0 Å². The van der Waals surface area contributed by atoms with Crippen molar-refractivity contribution in [1.82, 2.24) is 4.98 Å². The zero-order valence-electron chi connectivity index (χ0n) is 10.4. The molecule has 0 spiro atoms. The van der Waals surface area contributed by atoms with Gasteiger partial charge in [-0.1, -0.05) is 6.07 Å². The van der Waals surface area contributed by atoms with Gasteiger partial charge in [0.05, 0.1) is 18.2 Å². The van der Waals surface area contributed by atoms with E-state index in [0.29, 0.717) is 5.56 Å². The lowest BCUT2D eigenvalue weighted by Gasteiger charge is -2.15. The average molecular weight is 241 g/mol. The molecule has 3 rings (SSSR count). The molecule has 0 unspecified atom stereocenters. The van der Waals surface area contributed by atoms with Crippen molar-refractivity contribution in [2.24, 2.45) is 0 Å². The Balaban J connectivity index is 2.13. The van der Waals surface area contributed by atoms with Crippen LogP contribution in [0.1, 0.15) is 34.5 Å². The molecule has 1 aromatic carbocycles. The van der Waals surface area contributed by atoms with Gasteiger partial charge in [-0.05, 0) is 49.4 Å². The van der Waals surface area contributed by atoms with Crippen LogP contribution >= 0.6 is 0 Å². The molecule has 0 saturated carbocycles. The van der Waals surface area contributed by atoms with Crippen LogP contribution in [0.3, 0.4) is 0 Å². The summed E-state index contributed by atoms with van der Waals surface area (Å²) in [5, 5.41) is 1.10. The second-order valence-electron chi connectivity index (χ2n) is 4.70. The van der Waals surface area contributed by atoms with Crippen LogP contribution in [0.5, 0.6) is 0 Å². The number of hydrogen-bond donors (Lipinski definition) is 0. The van der Waals surface area contributed by atoms with E-state index >= 15 is 0 Å². The molecule has 3 nitrogen and oxygen atoms in total. The first-order valence-corrected chi connectivity index (χ1v) is 6.29. The molecule has 0 radical (unpaired) electrons. The number of fused-ring (bicyclic) bond motifs is 2. The number of hydrogen-bond acceptors (Lipinski definition) is 3. The van der Waals surface area contributed by atoms with Crippen molar-refractivity contribution in [3.63, 3.8) is 0 Å². The van der Waals surface area contributed by atoms with Gasteiger partial charge in [-0.3, -0.25) is 4.98 Å². The van der Waals surface area contributed by atoms with E-state index in [9.17, 15) is 4.79 Å². The molecule has 0 aliphatic heterocycles. The molecule has 0 fully saturated rings. The topological polar surface area (TPSA) is 39.2 Å². The number of nitrogens with zero attached hydrogens (tertiary/aromatic N) is 1. The molecule has 3 heteroatoms. The van der Waals surface area contributed by atoms with Crippen LogP contribution in [0.25, 0.3) is 10.9 Å². The molecule has 1 heterocycles. The summed E-state index contributed by atoms with van der Waals surface area (Å²) in [6.45, 7) is 0. The number of carbonyl (C=O) groups excluding carboxylic acids is 1. The normalized spacial score (nSPS) is 14.3. The number of carbonyl (C=O) groups is 1. The van der Waals surface area contributed by atoms with Crippen LogP contribution in [-0.4, -0.2) is 18.1 Å². The first-order valence-electron chi connectivity index (χ1n) is 6.29. The van der Waals surface area contributed by atoms with E-state index in [0.717, 1.165) is 23.7 Å². The van der Waals surface area contributed by atoms with Crippen molar-refractivity contribution in [3.05, 3.63) is 41.1 Å². The Labute approximate surface area is 106 Å². The SMILES string of the molecule is COC(=O)c1ccc2cc3c(nc2c1)CCCC3. The van der Waals surface area contributed by atoms with Gasteiger partial charge in [-0.2, -0.15) is 0 Å². The highest BCUT2D eigenvalue weighted by Crippen LogP contribution is 2.24. The quantitative estimate of drug-likeness (QED) is 0.721. The maximum atomic E-state index is 11.5. The van der Waals surface area contributed by atoms with E-state index in [1.54, 1.807) is 6.07 Å². The Kier molecular flexibility index (Phi) is 2.74. The second kappa shape index (κ2) is 4.41. The molecular formula is C15H15NO2. The zero-order chi connectivity index (χ0) is 12.5. The van der Waals surface area contributed by atoms with E-state index < -0.39 is 0 Å². The molecule has 1 aliphatic carbocycles. The number of rotatable bonds is 1. The van der Waals surface area contributed by atoms with Gasteiger partial charge in [-0.25, -0.2) is 4.79 Å². The maximum absolute atomic E-state index is 11.5. The minimum atomic E-state index is -0.309. The van der Waals surface area contributed by atoms with Gasteiger partial charge in [0, 0.05) is 11.1 Å². The summed E-state index contributed by atoms with van der Waals surface area (Å²) in [7, 11) is 1.40. The largest absolute Gasteiger partial charge is 0.465 e. The number of aryl methyl sites for hydroxylation is 2. The lowest BCUT2D eigenvalue weighted by atomic mass is 9.94. The third-order valence-electron chi connectivity index (χ3n) is 3.52. The standard InChI is InChI=1S/C15H15NO2/c1-18-15(17)12-7-6-11-8-10-4-2-3-5-13(10)16-14(11)9-12/h6-9H,2-5H2,1H3. The van der Waals surface area contributed by atoms with Gasteiger partial charge in [0.1, 0.15) is 0 Å². The fourth-order valence-corrected chi connectivity index (χ4v) is 2.54. The van der Waals surface area contributed by atoms with Gasteiger partial charge in [0.15, 0.2) is 0 Å². The predicted octanol–water partition coefficient (Wildman–Crippen LogP) is 2.90. The van der Waals surface area contributed by atoms with E-state index in [1.165, 1.54) is 31.2 Å². The Morgan fingerprint density at radius 1 is 1.22 bits per heavy atom. The molecule has 1 aliphatic rings. The molecule has 0 atom stereocenters. The molecule has 1 aromatic heterocycles. The number of benzene rings is 1. The van der Waals surface area contributed by atoms with Crippen LogP contribution in [-0.2, 0) is 17.6 Å². The summed E-state index contributed by atoms with van der Waals surface area (Å²) in [5.74, 6) is -0.309. The summed E-state index contributed by atoms with van der Waals surface area (Å²) in [6.07, 6.45) is 4.63. The van der Waals surface area contributed by atoms with Crippen molar-refractivity contribution in [1.29, 1.82) is 0 Å². The monoisotopic (exact) mass is 241 g/mol. The number of pyridine rings is 1. The highest BCUT2D eigenvalue weighted by Gasteiger charge is 2.13. The lowest BCUT2D eigenvalue weighted by Crippen LogP contribution is -2.06. The van der Waals surface area contributed by atoms with Crippen molar-refractivity contribution < 1.29 is 9.53 Å². The van der Waals surface area contributed by atoms with E-state index in [1.807, 2.05) is 12.1 Å². The van der Waals surface area contributed by atoms with Crippen LogP contribution in [0.15, 0.2) is 24.3 Å². The number of aromatic nitrogens is 1. The number of methoxy groups -OCH3 is 1. The van der Waals surface area contributed by atoms with Crippen LogP contribution in [0.4, 0.5) is 0 Å². The Hall–Kier alpha value is -1.90. The third-order valence-corrected chi connectivity index (χ3v) is 3.52. The molecular weight excluding hydrogens is 226 g/mol. The van der Waals surface area contributed by atoms with Crippen LogP contribution in [0, 0.1) is 0 Å². The molecule has 18 heavy (non-hydrogen) atoms. The van der Waals surface area contributed by atoms with Crippen LogP contribution < -0.4 is 0 Å². The van der Waals surface area contributed by atoms with E-state index in [2.05, 4.69) is 11.1 Å². The molecule has 0 saturated heterocycles. The van der Waals surface area contributed by atoms with Gasteiger partial charge >= 0.3 is 5.97 Å². The summed E-state index contributed by atoms with van der Waals surface area (Å²) < 4.78 is 4.73. The minimum Gasteiger partial charge on any atom is -0.465 e. The molecule has 2 aromatic rings. The first kappa shape index (κ1) is 11.2. The van der Waals surface area contributed by atoms with Gasteiger partial charge in [0.25, 0.3) is 0 Å². The number of esters is 1. The summed E-state index contributed by atoms with van der Waals surface area (Å²) >= 11 is 0. The molecule has 0 N–H and O–H groups in total. The van der Waals surface area contributed by atoms with Gasteiger partial charge < -0.3 is 4.74 Å². The zero-order valence-corrected chi connectivity index (χ0v) is 10.4.